The SMILES string of the molecule is NNNNCCCCCCCCCC(=O)O. The Hall–Kier alpha value is -0.690. The molecule has 6 heteroatoms. The molecule has 0 amide bonds. The summed E-state index contributed by atoms with van der Waals surface area (Å²) in [5.74, 6) is 4.31. The van der Waals surface area contributed by atoms with E-state index < -0.39 is 5.97 Å². The van der Waals surface area contributed by atoms with Crippen molar-refractivity contribution < 1.29 is 9.90 Å². The molecule has 0 fully saturated rings. The lowest BCUT2D eigenvalue weighted by Crippen LogP contribution is -2.47. The maximum Gasteiger partial charge on any atom is 0.303 e. The molecule has 0 heterocycles. The third kappa shape index (κ3) is 13.3. The summed E-state index contributed by atoms with van der Waals surface area (Å²) in [6, 6.07) is 0. The van der Waals surface area contributed by atoms with Gasteiger partial charge in [-0.3, -0.25) is 10.6 Å². The first-order valence-electron chi connectivity index (χ1n) is 5.92. The highest BCUT2D eigenvalue weighted by Crippen LogP contribution is 2.08. The average molecular weight is 232 g/mol. The van der Waals surface area contributed by atoms with Crippen LogP contribution in [-0.2, 0) is 4.79 Å². The zero-order valence-corrected chi connectivity index (χ0v) is 9.80. The Morgan fingerprint density at radius 1 is 1.00 bits per heavy atom. The summed E-state index contributed by atoms with van der Waals surface area (Å²) in [4.78, 5) is 10.2. The van der Waals surface area contributed by atoms with Crippen molar-refractivity contribution in [3.8, 4) is 0 Å². The van der Waals surface area contributed by atoms with Crippen molar-refractivity contribution in [3.05, 3.63) is 0 Å². The van der Waals surface area contributed by atoms with Crippen LogP contribution in [0.5, 0.6) is 0 Å². The van der Waals surface area contributed by atoms with Crippen LogP contribution in [0.15, 0.2) is 0 Å². The van der Waals surface area contributed by atoms with Crippen molar-refractivity contribution in [2.45, 2.75) is 51.4 Å². The van der Waals surface area contributed by atoms with Crippen molar-refractivity contribution in [1.29, 1.82) is 0 Å². The minimum atomic E-state index is -0.688. The zero-order chi connectivity index (χ0) is 12.1. The van der Waals surface area contributed by atoms with Gasteiger partial charge in [-0.25, -0.2) is 5.43 Å². The highest BCUT2D eigenvalue weighted by molar-refractivity contribution is 5.66. The molecule has 0 saturated heterocycles. The van der Waals surface area contributed by atoms with Crippen molar-refractivity contribution in [3.63, 3.8) is 0 Å². The standard InChI is InChI=1S/C10H24N4O2/c11-13-14-12-9-7-5-3-1-2-4-6-8-10(15)16/h12-14H,1-9,11H2,(H,15,16). The fraction of sp³-hybridized carbons (Fsp3) is 0.900. The van der Waals surface area contributed by atoms with E-state index in [-0.39, 0.29) is 0 Å². The molecule has 0 rings (SSSR count). The number of carbonyl (C=O) groups is 1. The van der Waals surface area contributed by atoms with Crippen LogP contribution < -0.4 is 22.3 Å². The van der Waals surface area contributed by atoms with E-state index >= 15 is 0 Å². The molecule has 0 aliphatic carbocycles. The molecular formula is C10H24N4O2. The quantitative estimate of drug-likeness (QED) is 0.193. The molecule has 0 radical (unpaired) electrons. The topological polar surface area (TPSA) is 99.4 Å². The van der Waals surface area contributed by atoms with Crippen LogP contribution in [0.25, 0.3) is 0 Å². The molecule has 0 aromatic carbocycles. The number of hydrogen-bond acceptors (Lipinski definition) is 5. The largest absolute Gasteiger partial charge is 0.481 e. The van der Waals surface area contributed by atoms with Gasteiger partial charge in [0.25, 0.3) is 0 Å². The van der Waals surface area contributed by atoms with E-state index in [1.807, 2.05) is 0 Å². The molecule has 0 bridgehead atoms. The molecule has 6 nitrogen and oxygen atoms in total. The summed E-state index contributed by atoms with van der Waals surface area (Å²) in [5, 5.41) is 8.43. The van der Waals surface area contributed by atoms with Gasteiger partial charge in [-0.2, -0.15) is 11.1 Å². The maximum absolute atomic E-state index is 10.2. The second-order valence-corrected chi connectivity index (χ2v) is 3.81. The van der Waals surface area contributed by atoms with E-state index in [0.717, 1.165) is 32.2 Å². The molecule has 16 heavy (non-hydrogen) atoms. The summed E-state index contributed by atoms with van der Waals surface area (Å²) < 4.78 is 0. The van der Waals surface area contributed by atoms with Gasteiger partial charge in [0.1, 0.15) is 0 Å². The predicted octanol–water partition coefficient (Wildman–Crippen LogP) is 0.664. The van der Waals surface area contributed by atoms with Crippen molar-refractivity contribution >= 4 is 5.97 Å². The minimum Gasteiger partial charge on any atom is -0.481 e. The third-order valence-electron chi connectivity index (χ3n) is 2.35. The highest BCUT2D eigenvalue weighted by atomic mass is 16.4. The van der Waals surface area contributed by atoms with Crippen LogP contribution in [0.2, 0.25) is 0 Å². The number of nitrogens with two attached hydrogens (primary N) is 1. The van der Waals surface area contributed by atoms with Gasteiger partial charge in [0.15, 0.2) is 0 Å². The average Bonchev–Trinajstić information content (AvgIpc) is 2.25. The Balaban J connectivity index is 2.90. The monoisotopic (exact) mass is 232 g/mol. The molecule has 0 saturated carbocycles. The predicted molar refractivity (Wildman–Crippen MR) is 63.0 cm³/mol. The van der Waals surface area contributed by atoms with Gasteiger partial charge in [0.2, 0.25) is 0 Å². The molecular weight excluding hydrogens is 208 g/mol. The lowest BCUT2D eigenvalue weighted by atomic mass is 10.1. The van der Waals surface area contributed by atoms with Crippen LogP contribution in [0, 0.1) is 0 Å². The van der Waals surface area contributed by atoms with E-state index in [4.69, 9.17) is 10.9 Å². The molecule has 96 valence electrons. The fourth-order valence-corrected chi connectivity index (χ4v) is 1.49. The number of aliphatic carboxylic acids is 1. The zero-order valence-electron chi connectivity index (χ0n) is 9.80. The maximum atomic E-state index is 10.2. The Morgan fingerprint density at radius 2 is 1.56 bits per heavy atom. The van der Waals surface area contributed by atoms with Crippen LogP contribution in [0.1, 0.15) is 51.4 Å². The van der Waals surface area contributed by atoms with Crippen molar-refractivity contribution in [2.24, 2.45) is 5.84 Å². The molecule has 0 unspecified atom stereocenters. The number of hydrogen-bond donors (Lipinski definition) is 5. The van der Waals surface area contributed by atoms with Crippen LogP contribution in [0.3, 0.4) is 0 Å². The van der Waals surface area contributed by atoms with E-state index in [9.17, 15) is 4.79 Å². The summed E-state index contributed by atoms with van der Waals surface area (Å²) in [6.45, 7) is 0.892. The minimum absolute atomic E-state index is 0.307. The number of carboxylic acid groups (broad SMARTS) is 1. The van der Waals surface area contributed by atoms with E-state index in [1.165, 1.54) is 19.3 Å². The molecule has 0 atom stereocenters. The first-order chi connectivity index (χ1) is 7.77. The molecule has 0 aliphatic rings. The summed E-state index contributed by atoms with van der Waals surface area (Å²) in [6.07, 6.45) is 8.01. The number of nitrogens with one attached hydrogen (secondary N) is 3. The first-order valence-corrected chi connectivity index (χ1v) is 5.92. The Labute approximate surface area is 96.9 Å². The second-order valence-electron chi connectivity index (χ2n) is 3.81. The van der Waals surface area contributed by atoms with Crippen LogP contribution >= 0.6 is 0 Å². The Kier molecular flexibility index (Phi) is 11.8. The van der Waals surface area contributed by atoms with Gasteiger partial charge in [-0.15, -0.1) is 0 Å². The van der Waals surface area contributed by atoms with Gasteiger partial charge < -0.3 is 5.11 Å². The molecule has 0 aromatic rings. The summed E-state index contributed by atoms with van der Waals surface area (Å²) in [7, 11) is 0. The Morgan fingerprint density at radius 3 is 2.12 bits per heavy atom. The molecule has 0 aromatic heterocycles. The van der Waals surface area contributed by atoms with Crippen LogP contribution in [0.4, 0.5) is 0 Å². The smallest absolute Gasteiger partial charge is 0.303 e. The second kappa shape index (κ2) is 12.4. The van der Waals surface area contributed by atoms with Gasteiger partial charge in [0.05, 0.1) is 0 Å². The molecule has 0 spiro atoms. The third-order valence-corrected chi connectivity index (χ3v) is 2.35. The van der Waals surface area contributed by atoms with Crippen molar-refractivity contribution in [2.75, 3.05) is 6.54 Å². The molecule has 6 N–H and O–H groups in total. The highest BCUT2D eigenvalue weighted by Gasteiger charge is 1.96. The number of rotatable bonds is 12. The van der Waals surface area contributed by atoms with Gasteiger partial charge in [0, 0.05) is 13.0 Å². The van der Waals surface area contributed by atoms with Gasteiger partial charge >= 0.3 is 5.97 Å². The fourth-order valence-electron chi connectivity index (χ4n) is 1.49. The number of hydrazine groups is 3. The molecule has 0 aliphatic heterocycles. The van der Waals surface area contributed by atoms with E-state index in [0.29, 0.717) is 6.42 Å². The van der Waals surface area contributed by atoms with Crippen molar-refractivity contribution in [1.82, 2.24) is 16.5 Å². The lowest BCUT2D eigenvalue weighted by molar-refractivity contribution is -0.137. The summed E-state index contributed by atoms with van der Waals surface area (Å²) in [5.41, 5.74) is 7.80. The number of carboxylic acids is 1. The van der Waals surface area contributed by atoms with E-state index in [2.05, 4.69) is 16.5 Å². The van der Waals surface area contributed by atoms with Crippen LogP contribution in [-0.4, -0.2) is 17.6 Å². The Bertz CT molecular complexity index is 167. The van der Waals surface area contributed by atoms with Gasteiger partial charge in [-0.1, -0.05) is 32.1 Å². The van der Waals surface area contributed by atoms with E-state index in [1.54, 1.807) is 0 Å². The van der Waals surface area contributed by atoms with Gasteiger partial charge in [-0.05, 0) is 12.8 Å². The first kappa shape index (κ1) is 15.3. The summed E-state index contributed by atoms with van der Waals surface area (Å²) >= 11 is 0. The normalized spacial score (nSPS) is 10.6. The lowest BCUT2D eigenvalue weighted by Gasteiger charge is -2.04. The number of unbranched alkanes of at least 4 members (excludes halogenated alkanes) is 6.